The van der Waals surface area contributed by atoms with Gasteiger partial charge >= 0.3 is 11.9 Å². The van der Waals surface area contributed by atoms with Crippen molar-refractivity contribution < 1.29 is 32.3 Å². The summed E-state index contributed by atoms with van der Waals surface area (Å²) in [5.74, 6) is -4.31. The number of benzene rings is 2. The summed E-state index contributed by atoms with van der Waals surface area (Å²) in [6.45, 7) is 4.89. The number of aryl methyl sites for hydroxylation is 1. The number of esters is 2. The number of sulfonamides is 1. The average Bonchev–Trinajstić information content (AvgIpc) is 2.80. The van der Waals surface area contributed by atoms with Crippen LogP contribution >= 0.6 is 0 Å². The molecule has 0 spiro atoms. The van der Waals surface area contributed by atoms with E-state index in [9.17, 15) is 22.8 Å². The number of ketones is 1. The Morgan fingerprint density at radius 2 is 1.74 bits per heavy atom. The largest absolute Gasteiger partial charge is 0.468 e. The highest BCUT2D eigenvalue weighted by Gasteiger charge is 2.47. The summed E-state index contributed by atoms with van der Waals surface area (Å²) >= 11 is 0. The van der Waals surface area contributed by atoms with Gasteiger partial charge < -0.3 is 9.47 Å². The van der Waals surface area contributed by atoms with Gasteiger partial charge in [0.1, 0.15) is 11.7 Å². The molecule has 1 aliphatic rings. The Hall–Kier alpha value is -3.20. The molecule has 34 heavy (non-hydrogen) atoms. The van der Waals surface area contributed by atoms with Crippen molar-refractivity contribution in [3.8, 4) is 0 Å². The second-order valence-corrected chi connectivity index (χ2v) is 10.2. The van der Waals surface area contributed by atoms with Crippen molar-refractivity contribution in [2.24, 2.45) is 11.8 Å². The Balaban J connectivity index is 2.19. The minimum Gasteiger partial charge on any atom is -0.468 e. The van der Waals surface area contributed by atoms with E-state index in [4.69, 9.17) is 9.47 Å². The van der Waals surface area contributed by atoms with Crippen molar-refractivity contribution in [1.82, 2.24) is 0 Å². The van der Waals surface area contributed by atoms with E-state index in [0.29, 0.717) is 11.3 Å². The topological polar surface area (TPSA) is 107 Å². The number of ether oxygens (including phenoxy) is 2. The van der Waals surface area contributed by atoms with Gasteiger partial charge in [0.25, 0.3) is 10.0 Å². The summed E-state index contributed by atoms with van der Waals surface area (Å²) in [6, 6.07) is 13.2. The third kappa shape index (κ3) is 4.99. The maximum absolute atomic E-state index is 13.7. The number of para-hydroxylation sites is 1. The van der Waals surface area contributed by atoms with Gasteiger partial charge in [-0.2, -0.15) is 0 Å². The molecule has 2 aromatic rings. The highest BCUT2D eigenvalue weighted by Crippen LogP contribution is 2.46. The third-order valence-corrected chi connectivity index (χ3v) is 7.86. The van der Waals surface area contributed by atoms with Crippen LogP contribution in [0.5, 0.6) is 0 Å². The zero-order valence-electron chi connectivity index (χ0n) is 19.7. The predicted octanol–water partition coefficient (Wildman–Crippen LogP) is 3.24. The van der Waals surface area contributed by atoms with E-state index in [-0.39, 0.29) is 24.5 Å². The molecule has 3 rings (SSSR count). The van der Waals surface area contributed by atoms with Crippen LogP contribution in [0.3, 0.4) is 0 Å². The van der Waals surface area contributed by atoms with Gasteiger partial charge in [-0.05, 0) is 50.5 Å². The molecule has 3 unspecified atom stereocenters. The van der Waals surface area contributed by atoms with E-state index >= 15 is 0 Å². The molecule has 0 radical (unpaired) electrons. The second kappa shape index (κ2) is 10.4. The van der Waals surface area contributed by atoms with E-state index in [1.807, 2.05) is 6.92 Å². The first-order valence-electron chi connectivity index (χ1n) is 11.0. The first-order valence-corrected chi connectivity index (χ1v) is 12.5. The zero-order valence-corrected chi connectivity index (χ0v) is 20.5. The monoisotopic (exact) mass is 487 g/mol. The second-order valence-electron chi connectivity index (χ2n) is 8.31. The maximum atomic E-state index is 13.7. The molecule has 0 saturated heterocycles. The van der Waals surface area contributed by atoms with Crippen molar-refractivity contribution in [3.05, 3.63) is 59.7 Å². The summed E-state index contributed by atoms with van der Waals surface area (Å²) in [6.07, 6.45) is -0.159. The fraction of sp³-hybridized carbons (Fsp3) is 0.400. The van der Waals surface area contributed by atoms with Crippen LogP contribution in [0.25, 0.3) is 0 Å². The summed E-state index contributed by atoms with van der Waals surface area (Å²) in [4.78, 5) is 37.8. The first kappa shape index (κ1) is 25.4. The molecule has 0 amide bonds. The van der Waals surface area contributed by atoms with Crippen LogP contribution in [-0.2, 0) is 33.9 Å². The molecule has 0 saturated carbocycles. The van der Waals surface area contributed by atoms with Crippen LogP contribution in [0.2, 0.25) is 0 Å². The van der Waals surface area contributed by atoms with E-state index in [1.54, 1.807) is 43.3 Å². The van der Waals surface area contributed by atoms with Crippen molar-refractivity contribution in [2.45, 2.75) is 38.0 Å². The maximum Gasteiger partial charge on any atom is 0.316 e. The summed E-state index contributed by atoms with van der Waals surface area (Å²) < 4.78 is 38.6. The van der Waals surface area contributed by atoms with Gasteiger partial charge in [-0.25, -0.2) is 8.42 Å². The summed E-state index contributed by atoms with van der Waals surface area (Å²) in [7, 11) is -2.79. The van der Waals surface area contributed by atoms with Crippen LogP contribution in [-0.4, -0.2) is 46.4 Å². The number of hydrogen-bond donors (Lipinski definition) is 0. The first-order chi connectivity index (χ1) is 16.1. The van der Waals surface area contributed by atoms with Crippen molar-refractivity contribution in [1.29, 1.82) is 0 Å². The van der Waals surface area contributed by atoms with Crippen molar-refractivity contribution >= 4 is 33.4 Å². The van der Waals surface area contributed by atoms with Crippen LogP contribution < -0.4 is 4.31 Å². The lowest BCUT2D eigenvalue weighted by atomic mass is 9.71. The van der Waals surface area contributed by atoms with Gasteiger partial charge in [0.05, 0.1) is 30.7 Å². The number of rotatable bonds is 8. The van der Waals surface area contributed by atoms with Crippen molar-refractivity contribution in [2.75, 3.05) is 24.6 Å². The molecule has 0 aromatic heterocycles. The lowest BCUT2D eigenvalue weighted by molar-refractivity contribution is -0.152. The SMILES string of the molecule is CCOC(=O)CC1CN(S(=O)(=O)c2ccc(C)cc2)c2ccccc2C1C(C(C)=O)C(=O)OC. The third-order valence-electron chi connectivity index (χ3n) is 6.07. The lowest BCUT2D eigenvalue weighted by Crippen LogP contribution is -2.46. The molecule has 0 N–H and O–H groups in total. The molecular weight excluding hydrogens is 458 g/mol. The molecule has 3 atom stereocenters. The van der Waals surface area contributed by atoms with Crippen LogP contribution in [0.4, 0.5) is 5.69 Å². The molecule has 1 aliphatic heterocycles. The Kier molecular flexibility index (Phi) is 7.76. The molecule has 2 aromatic carbocycles. The lowest BCUT2D eigenvalue weighted by Gasteiger charge is -2.42. The molecule has 182 valence electrons. The highest BCUT2D eigenvalue weighted by molar-refractivity contribution is 7.92. The van der Waals surface area contributed by atoms with Crippen LogP contribution in [0.1, 0.15) is 37.3 Å². The fourth-order valence-corrected chi connectivity index (χ4v) is 6.06. The van der Waals surface area contributed by atoms with Gasteiger partial charge in [-0.15, -0.1) is 0 Å². The zero-order chi connectivity index (χ0) is 25.0. The molecular formula is C25H29NO7S. The van der Waals surface area contributed by atoms with Crippen LogP contribution in [0, 0.1) is 18.8 Å². The fourth-order valence-electron chi connectivity index (χ4n) is 4.51. The van der Waals surface area contributed by atoms with Crippen LogP contribution in [0.15, 0.2) is 53.4 Å². The minimum absolute atomic E-state index is 0.0997. The summed E-state index contributed by atoms with van der Waals surface area (Å²) in [5.41, 5.74) is 1.77. The van der Waals surface area contributed by atoms with Gasteiger partial charge in [-0.3, -0.25) is 18.7 Å². The predicted molar refractivity (Wildman–Crippen MR) is 126 cm³/mol. The van der Waals surface area contributed by atoms with Gasteiger partial charge in [0.2, 0.25) is 0 Å². The Morgan fingerprint density at radius 1 is 1.09 bits per heavy atom. The van der Waals surface area contributed by atoms with Gasteiger partial charge in [0.15, 0.2) is 0 Å². The Bertz CT molecular complexity index is 1170. The number of nitrogens with zero attached hydrogens (tertiary/aromatic N) is 1. The molecule has 0 bridgehead atoms. The standard InChI is InChI=1S/C25H29NO7S/c1-5-33-22(28)14-18-15-26(34(30,31)19-12-10-16(2)11-13-19)21-9-7-6-8-20(21)24(18)23(17(3)27)25(29)32-4/h6-13,18,23-24H,5,14-15H2,1-4H3. The van der Waals surface area contributed by atoms with E-state index in [0.717, 1.165) is 5.56 Å². The average molecular weight is 488 g/mol. The normalized spacial score (nSPS) is 18.5. The number of carbonyl (C=O) groups excluding carboxylic acids is 3. The van der Waals surface area contributed by atoms with Gasteiger partial charge in [-0.1, -0.05) is 35.9 Å². The van der Waals surface area contributed by atoms with Crippen molar-refractivity contribution in [3.63, 3.8) is 0 Å². The number of hydrogen-bond acceptors (Lipinski definition) is 7. The smallest absolute Gasteiger partial charge is 0.316 e. The highest BCUT2D eigenvalue weighted by atomic mass is 32.2. The molecule has 1 heterocycles. The number of fused-ring (bicyclic) bond motifs is 1. The quantitative estimate of drug-likeness (QED) is 0.416. The number of methoxy groups -OCH3 is 1. The summed E-state index contributed by atoms with van der Waals surface area (Å²) in [5, 5.41) is 0. The molecule has 8 nitrogen and oxygen atoms in total. The number of Topliss-reactive ketones (excluding diaryl/α,β-unsaturated/α-hetero) is 1. The number of anilines is 1. The molecule has 9 heteroatoms. The Labute approximate surface area is 199 Å². The molecule has 0 fully saturated rings. The van der Waals surface area contributed by atoms with E-state index in [2.05, 4.69) is 0 Å². The Morgan fingerprint density at radius 3 is 2.32 bits per heavy atom. The molecule has 0 aliphatic carbocycles. The van der Waals surface area contributed by atoms with E-state index < -0.39 is 45.5 Å². The van der Waals surface area contributed by atoms with Gasteiger partial charge in [0, 0.05) is 12.5 Å². The number of carbonyl (C=O) groups is 3. The minimum atomic E-state index is -3.99. The van der Waals surface area contributed by atoms with E-state index in [1.165, 1.54) is 30.5 Å².